The maximum absolute atomic E-state index is 14.7. The van der Waals surface area contributed by atoms with Crippen molar-refractivity contribution in [2.45, 2.75) is 269 Å². The number of amides is 16. The molecule has 2 rings (SSSR count). The monoisotopic (exact) mass is 1720 g/mol. The number of nitrogens with two attached hydrogens (primary N) is 5. The van der Waals surface area contributed by atoms with Crippen molar-refractivity contribution in [3.05, 3.63) is 65.7 Å². The number of hydrogen-bond donors (Lipinski definition) is 24. The van der Waals surface area contributed by atoms with E-state index in [-0.39, 0.29) is 95.4 Å². The number of aliphatic hydroxyl groups excluding tert-OH is 2. The zero-order valence-corrected chi connectivity index (χ0v) is 71.0. The number of nitrogens with one attached hydrogen (secondary N) is 14. The summed E-state index contributed by atoms with van der Waals surface area (Å²) in [4.78, 5) is 244. The van der Waals surface area contributed by atoms with Gasteiger partial charge in [-0.1, -0.05) is 117 Å². The molecule has 0 spiro atoms. The molecular formula is C80H129N19O23. The van der Waals surface area contributed by atoms with Gasteiger partial charge in [-0.3, -0.25) is 81.5 Å². The standard InChI is InChI=1S/C80H129N19O23/c1-11-42(6)63(76(117)86-39-61(105)96-64(43(7)12-2)78(119)99-66(46(10)101)79(120)90-53(30-32-62(106)107)71(112)94-57(80(121)122)35-41(4)5)97-74(115)55(36-47-21-15-14-16-22-47)93-70(111)52(24-18-20-34-82)88-75(116)58(40-100)95-72(113)56(38-60(85)104)91-67(108)45(9)87-69(110)51(23-17-19-33-81)89-77(118)65(44(8)13-3)98-73(114)54(37-48-25-27-49(102)28-26-48)92-68(109)50(83)29-31-59(84)103/h14-16,21-22,25-28,41-46,50-58,63-66,100-102H,11-13,17-20,23-24,29-40,81-83H2,1-10H3,(H2,84,103)(H2,85,104)(H,86,117)(H,87,110)(H,88,116)(H,89,118)(H,90,120)(H,91,108)(H,92,109)(H,93,111)(H,94,112)(H,95,113)(H,96,105)(H,97,115)(H,98,114)(H,99,119)(H,106,107)(H,121,122)/t42-,43-,44-,45-,46+,50-,51-,52-,53-,54-,55-,56-,57-,58-,63-,64-,65-,66-/m0/s1. The van der Waals surface area contributed by atoms with Crippen LogP contribution in [0.15, 0.2) is 54.6 Å². The van der Waals surface area contributed by atoms with Crippen LogP contribution in [0.3, 0.4) is 0 Å². The van der Waals surface area contributed by atoms with E-state index in [1.807, 2.05) is 0 Å². The van der Waals surface area contributed by atoms with E-state index in [9.17, 15) is 112 Å². The average Bonchev–Trinajstić information content (AvgIpc) is 0.851. The summed E-state index contributed by atoms with van der Waals surface area (Å²) in [5, 5.41) is 85.0. The van der Waals surface area contributed by atoms with Crippen LogP contribution in [-0.2, 0) is 99.1 Å². The van der Waals surface area contributed by atoms with Crippen LogP contribution in [-0.4, -0.2) is 249 Å². The predicted octanol–water partition coefficient (Wildman–Crippen LogP) is -5.15. The summed E-state index contributed by atoms with van der Waals surface area (Å²) >= 11 is 0. The molecule has 0 heterocycles. The minimum Gasteiger partial charge on any atom is -0.508 e. The number of aromatic hydroxyl groups is 1. The zero-order chi connectivity index (χ0) is 92.2. The van der Waals surface area contributed by atoms with E-state index in [0.717, 1.165) is 6.92 Å². The SMILES string of the molecule is CC[C@H](C)[C@H](NC(=O)CNC(=O)[C@@H](NC(=O)[C@H](Cc1ccccc1)NC(=O)[C@H](CCCCN)NC(=O)[C@H](CO)NC(=O)[C@H](CC(N)=O)NC(=O)[C@H](C)NC(=O)[C@H](CCCCN)NC(=O)[C@@H](NC(=O)[C@H](Cc1ccc(O)cc1)NC(=O)[C@@H](N)CCC(N)=O)[C@@H](C)CC)[C@@H](C)CC)C(=O)N[C@H](C(=O)N[C@@H](CCC(=O)O)C(=O)N[C@@H](CC(C)C)C(=O)O)[C@@H](C)O. The molecule has 2 aromatic carbocycles. The van der Waals surface area contributed by atoms with Crippen molar-refractivity contribution in [3.8, 4) is 5.75 Å². The third-order valence-corrected chi connectivity index (χ3v) is 20.2. The number of aliphatic hydroxyl groups is 2. The van der Waals surface area contributed by atoms with Gasteiger partial charge in [0.15, 0.2) is 0 Å². The van der Waals surface area contributed by atoms with E-state index in [0.29, 0.717) is 30.4 Å². The summed E-state index contributed by atoms with van der Waals surface area (Å²) in [5.41, 5.74) is 29.4. The predicted molar refractivity (Wildman–Crippen MR) is 443 cm³/mol. The molecule has 0 aliphatic heterocycles. The molecule has 0 unspecified atom stereocenters. The number of carbonyl (C=O) groups excluding carboxylic acids is 16. The first-order chi connectivity index (χ1) is 57.4. The summed E-state index contributed by atoms with van der Waals surface area (Å²) in [6, 6.07) is -7.75. The highest BCUT2D eigenvalue weighted by molar-refractivity contribution is 6.01. The molecule has 0 saturated heterocycles. The molecule has 2 aromatic rings. The first kappa shape index (κ1) is 107. The normalized spacial score (nSPS) is 15.6. The molecule has 0 bridgehead atoms. The Morgan fingerprint density at radius 2 is 0.787 bits per heavy atom. The Morgan fingerprint density at radius 1 is 0.393 bits per heavy atom. The van der Waals surface area contributed by atoms with Crippen LogP contribution in [0.2, 0.25) is 0 Å². The van der Waals surface area contributed by atoms with Crippen LogP contribution >= 0.6 is 0 Å². The molecule has 29 N–H and O–H groups in total. The van der Waals surface area contributed by atoms with Gasteiger partial charge in [0.05, 0.1) is 31.7 Å². The highest BCUT2D eigenvalue weighted by Crippen LogP contribution is 2.18. The molecule has 16 amide bonds. The van der Waals surface area contributed by atoms with Gasteiger partial charge in [0, 0.05) is 25.7 Å². The fraction of sp³-hybridized carbons (Fsp3) is 0.625. The summed E-state index contributed by atoms with van der Waals surface area (Å²) in [7, 11) is 0. The number of hydrogen-bond acceptors (Lipinski definition) is 24. The number of aliphatic carboxylic acids is 2. The molecule has 682 valence electrons. The molecule has 18 atom stereocenters. The van der Waals surface area contributed by atoms with E-state index in [4.69, 9.17) is 28.7 Å². The lowest BCUT2D eigenvalue weighted by Gasteiger charge is -2.29. The molecular weight excluding hydrogens is 1590 g/mol. The number of carbonyl (C=O) groups is 18. The topological polar surface area (TPSA) is 707 Å². The van der Waals surface area contributed by atoms with Crippen molar-refractivity contribution in [3.63, 3.8) is 0 Å². The number of carboxylic acid groups (broad SMARTS) is 2. The molecule has 42 nitrogen and oxygen atoms in total. The van der Waals surface area contributed by atoms with Gasteiger partial charge in [0.2, 0.25) is 94.5 Å². The molecule has 0 aliphatic rings. The number of phenols is 1. The van der Waals surface area contributed by atoms with Crippen LogP contribution in [0.4, 0.5) is 0 Å². The van der Waals surface area contributed by atoms with Crippen molar-refractivity contribution < 1.29 is 112 Å². The number of benzene rings is 2. The van der Waals surface area contributed by atoms with E-state index in [1.165, 1.54) is 31.2 Å². The van der Waals surface area contributed by atoms with Crippen molar-refractivity contribution in [2.75, 3.05) is 26.2 Å². The second kappa shape index (κ2) is 55.4. The van der Waals surface area contributed by atoms with Crippen molar-refractivity contribution in [1.82, 2.24) is 74.4 Å². The smallest absolute Gasteiger partial charge is 0.326 e. The summed E-state index contributed by atoms with van der Waals surface area (Å²) < 4.78 is 0. The maximum Gasteiger partial charge on any atom is 0.326 e. The van der Waals surface area contributed by atoms with Crippen molar-refractivity contribution in [1.29, 1.82) is 0 Å². The third kappa shape index (κ3) is 38.9. The van der Waals surface area contributed by atoms with Crippen LogP contribution < -0.4 is 103 Å². The Bertz CT molecular complexity index is 3820. The lowest BCUT2D eigenvalue weighted by Crippen LogP contribution is -2.62. The minimum absolute atomic E-state index is 0.0222. The van der Waals surface area contributed by atoms with Crippen LogP contribution in [0.1, 0.15) is 177 Å². The lowest BCUT2D eigenvalue weighted by atomic mass is 9.96. The molecule has 0 aliphatic carbocycles. The van der Waals surface area contributed by atoms with E-state index < -0.39 is 247 Å². The highest BCUT2D eigenvalue weighted by Gasteiger charge is 2.40. The summed E-state index contributed by atoms with van der Waals surface area (Å²) in [5.74, 6) is -21.0. The fourth-order valence-electron chi connectivity index (χ4n) is 12.3. The molecule has 0 fully saturated rings. The molecule has 0 aromatic heterocycles. The van der Waals surface area contributed by atoms with E-state index >= 15 is 0 Å². The van der Waals surface area contributed by atoms with Gasteiger partial charge in [-0.15, -0.1) is 0 Å². The number of unbranched alkanes of at least 4 members (excludes halogenated alkanes) is 2. The van der Waals surface area contributed by atoms with Crippen LogP contribution in [0, 0.1) is 23.7 Å². The van der Waals surface area contributed by atoms with Gasteiger partial charge in [-0.25, -0.2) is 4.79 Å². The zero-order valence-electron chi connectivity index (χ0n) is 71.0. The Hall–Kier alpha value is -11.5. The van der Waals surface area contributed by atoms with Crippen molar-refractivity contribution in [2.24, 2.45) is 52.3 Å². The van der Waals surface area contributed by atoms with E-state index in [1.54, 1.807) is 85.7 Å². The average molecular weight is 1730 g/mol. The molecule has 0 radical (unpaired) electrons. The quantitative estimate of drug-likeness (QED) is 0.0275. The van der Waals surface area contributed by atoms with Gasteiger partial charge in [-0.2, -0.15) is 0 Å². The molecule has 122 heavy (non-hydrogen) atoms. The number of rotatable bonds is 59. The first-order valence-electron chi connectivity index (χ1n) is 41.0. The fourth-order valence-corrected chi connectivity index (χ4v) is 12.3. The first-order valence-corrected chi connectivity index (χ1v) is 41.0. The van der Waals surface area contributed by atoms with Crippen molar-refractivity contribution >= 4 is 106 Å². The van der Waals surface area contributed by atoms with Gasteiger partial charge >= 0.3 is 11.9 Å². The molecule has 0 saturated carbocycles. The summed E-state index contributed by atoms with van der Waals surface area (Å²) in [6.45, 7) is 13.9. The van der Waals surface area contributed by atoms with Gasteiger partial charge in [0.1, 0.15) is 84.3 Å². The molecule has 42 heteroatoms. The second-order valence-electron chi connectivity index (χ2n) is 30.8. The van der Waals surface area contributed by atoms with Crippen LogP contribution in [0.5, 0.6) is 5.75 Å². The Morgan fingerprint density at radius 3 is 1.25 bits per heavy atom. The Balaban J connectivity index is 2.42. The number of carboxylic acids is 2. The number of primary amides is 2. The third-order valence-electron chi connectivity index (χ3n) is 20.2. The minimum atomic E-state index is -1.93. The largest absolute Gasteiger partial charge is 0.508 e. The Labute approximate surface area is 709 Å². The van der Waals surface area contributed by atoms with Crippen LogP contribution in [0.25, 0.3) is 0 Å². The maximum atomic E-state index is 14.7. The summed E-state index contributed by atoms with van der Waals surface area (Å²) in [6.07, 6.45) is -2.94. The highest BCUT2D eigenvalue weighted by atomic mass is 16.4. The number of phenolic OH excluding ortho intramolecular Hbond substituents is 1. The van der Waals surface area contributed by atoms with Gasteiger partial charge < -0.3 is 129 Å². The van der Waals surface area contributed by atoms with Gasteiger partial charge in [0.25, 0.3) is 0 Å². The van der Waals surface area contributed by atoms with E-state index in [2.05, 4.69) is 74.4 Å². The Kier molecular flexibility index (Phi) is 48.4. The lowest BCUT2D eigenvalue weighted by molar-refractivity contribution is -0.143. The van der Waals surface area contributed by atoms with Gasteiger partial charge in [-0.05, 0) is 132 Å². The second-order valence-corrected chi connectivity index (χ2v) is 30.8.